The van der Waals surface area contributed by atoms with Crippen LogP contribution in [0.3, 0.4) is 0 Å². The Labute approximate surface area is 97.8 Å². The molecule has 0 fully saturated rings. The molecular weight excluding hydrogens is 228 g/mol. The average molecular weight is 242 g/mol. The monoisotopic (exact) mass is 242 g/mol. The zero-order valence-corrected chi connectivity index (χ0v) is 10.1. The SMILES string of the molecule is CCOC(=O)Cc1cnc(NC(=O)CC)s1. The molecule has 0 aliphatic heterocycles. The first-order valence-electron chi connectivity index (χ1n) is 5.05. The number of ether oxygens (including phenoxy) is 1. The van der Waals surface area contributed by atoms with Gasteiger partial charge in [0.05, 0.1) is 13.0 Å². The van der Waals surface area contributed by atoms with Crippen molar-refractivity contribution in [1.29, 1.82) is 0 Å². The van der Waals surface area contributed by atoms with Gasteiger partial charge in [-0.15, -0.1) is 11.3 Å². The molecule has 1 aromatic heterocycles. The molecule has 0 saturated carbocycles. The van der Waals surface area contributed by atoms with Gasteiger partial charge in [0, 0.05) is 17.5 Å². The molecule has 0 radical (unpaired) electrons. The Bertz CT molecular complexity index is 376. The van der Waals surface area contributed by atoms with Crippen LogP contribution < -0.4 is 5.32 Å². The summed E-state index contributed by atoms with van der Waals surface area (Å²) in [5.74, 6) is -0.364. The first kappa shape index (κ1) is 12.6. The zero-order valence-electron chi connectivity index (χ0n) is 9.28. The second-order valence-corrected chi connectivity index (χ2v) is 4.13. The topological polar surface area (TPSA) is 68.3 Å². The number of amides is 1. The van der Waals surface area contributed by atoms with Crippen LogP contribution in [0.1, 0.15) is 25.1 Å². The van der Waals surface area contributed by atoms with Gasteiger partial charge in [-0.3, -0.25) is 9.59 Å². The summed E-state index contributed by atoms with van der Waals surface area (Å²) >= 11 is 1.29. The van der Waals surface area contributed by atoms with Gasteiger partial charge in [0.1, 0.15) is 0 Å². The lowest BCUT2D eigenvalue weighted by atomic mass is 10.4. The van der Waals surface area contributed by atoms with Crippen molar-refractivity contribution in [1.82, 2.24) is 4.98 Å². The third-order valence-corrected chi connectivity index (χ3v) is 2.66. The summed E-state index contributed by atoms with van der Waals surface area (Å²) in [5.41, 5.74) is 0. The summed E-state index contributed by atoms with van der Waals surface area (Å²) in [6.07, 6.45) is 2.19. The highest BCUT2D eigenvalue weighted by atomic mass is 32.1. The van der Waals surface area contributed by atoms with E-state index in [1.54, 1.807) is 20.0 Å². The van der Waals surface area contributed by atoms with E-state index in [4.69, 9.17) is 4.74 Å². The number of aromatic nitrogens is 1. The van der Waals surface area contributed by atoms with Crippen LogP contribution in [0.25, 0.3) is 0 Å². The molecule has 16 heavy (non-hydrogen) atoms. The van der Waals surface area contributed by atoms with Crippen LogP contribution in [0.2, 0.25) is 0 Å². The third-order valence-electron chi connectivity index (χ3n) is 1.74. The van der Waals surface area contributed by atoms with E-state index in [9.17, 15) is 9.59 Å². The summed E-state index contributed by atoms with van der Waals surface area (Å²) in [6.45, 7) is 3.90. The molecule has 5 nitrogen and oxygen atoms in total. The molecule has 1 heterocycles. The van der Waals surface area contributed by atoms with Crippen LogP contribution in [0.15, 0.2) is 6.20 Å². The lowest BCUT2D eigenvalue weighted by Gasteiger charge is -1.98. The fourth-order valence-corrected chi connectivity index (χ4v) is 1.82. The van der Waals surface area contributed by atoms with E-state index in [1.165, 1.54) is 11.3 Å². The van der Waals surface area contributed by atoms with Gasteiger partial charge < -0.3 is 10.1 Å². The minimum absolute atomic E-state index is 0.0861. The Morgan fingerprint density at radius 3 is 2.88 bits per heavy atom. The van der Waals surface area contributed by atoms with Crippen LogP contribution in [0.5, 0.6) is 0 Å². The molecule has 6 heteroatoms. The summed E-state index contributed by atoms with van der Waals surface area (Å²) in [4.78, 5) is 27.0. The van der Waals surface area contributed by atoms with Crippen LogP contribution >= 0.6 is 11.3 Å². The van der Waals surface area contributed by atoms with Gasteiger partial charge in [-0.05, 0) is 6.92 Å². The standard InChI is InChI=1S/C10H14N2O3S/c1-3-8(13)12-10-11-6-7(16-10)5-9(14)15-4-2/h6H,3-5H2,1-2H3,(H,11,12,13). The molecule has 1 N–H and O–H groups in total. The molecule has 0 aromatic carbocycles. The van der Waals surface area contributed by atoms with E-state index in [0.717, 1.165) is 4.88 Å². The summed E-state index contributed by atoms with van der Waals surface area (Å²) in [5, 5.41) is 3.15. The molecule has 0 aliphatic rings. The van der Waals surface area contributed by atoms with E-state index in [-0.39, 0.29) is 18.3 Å². The maximum absolute atomic E-state index is 11.2. The molecule has 0 unspecified atom stereocenters. The van der Waals surface area contributed by atoms with E-state index in [1.807, 2.05) is 0 Å². The average Bonchev–Trinajstić information content (AvgIpc) is 2.65. The maximum atomic E-state index is 11.2. The van der Waals surface area contributed by atoms with E-state index < -0.39 is 0 Å². The fourth-order valence-electron chi connectivity index (χ4n) is 1.01. The Morgan fingerprint density at radius 2 is 2.25 bits per heavy atom. The minimum atomic E-state index is -0.278. The Hall–Kier alpha value is -1.43. The Balaban J connectivity index is 2.51. The van der Waals surface area contributed by atoms with Crippen LogP contribution in [-0.2, 0) is 20.7 Å². The van der Waals surface area contributed by atoms with Crippen molar-refractivity contribution in [3.05, 3.63) is 11.1 Å². The number of anilines is 1. The van der Waals surface area contributed by atoms with Gasteiger partial charge in [-0.1, -0.05) is 6.92 Å². The highest BCUT2D eigenvalue weighted by Gasteiger charge is 2.09. The number of esters is 1. The number of thiazole rings is 1. The van der Waals surface area contributed by atoms with Crippen molar-refractivity contribution in [2.45, 2.75) is 26.7 Å². The Morgan fingerprint density at radius 1 is 1.50 bits per heavy atom. The van der Waals surface area contributed by atoms with Crippen molar-refractivity contribution >= 4 is 28.3 Å². The number of hydrogen-bond acceptors (Lipinski definition) is 5. The molecule has 0 atom stereocenters. The van der Waals surface area contributed by atoms with E-state index in [0.29, 0.717) is 18.2 Å². The minimum Gasteiger partial charge on any atom is -0.466 e. The lowest BCUT2D eigenvalue weighted by molar-refractivity contribution is -0.142. The molecule has 1 aromatic rings. The van der Waals surface area contributed by atoms with Crippen molar-refractivity contribution in [3.8, 4) is 0 Å². The summed E-state index contributed by atoms with van der Waals surface area (Å²) in [6, 6.07) is 0. The van der Waals surface area contributed by atoms with Gasteiger partial charge >= 0.3 is 5.97 Å². The first-order chi connectivity index (χ1) is 7.65. The fraction of sp³-hybridized carbons (Fsp3) is 0.500. The molecular formula is C10H14N2O3S. The third kappa shape index (κ3) is 3.98. The first-order valence-corrected chi connectivity index (χ1v) is 5.87. The van der Waals surface area contributed by atoms with Crippen LogP contribution in [-0.4, -0.2) is 23.5 Å². The van der Waals surface area contributed by atoms with E-state index >= 15 is 0 Å². The smallest absolute Gasteiger partial charge is 0.311 e. The van der Waals surface area contributed by atoms with Crippen LogP contribution in [0.4, 0.5) is 5.13 Å². The van der Waals surface area contributed by atoms with Crippen molar-refractivity contribution in [3.63, 3.8) is 0 Å². The summed E-state index contributed by atoms with van der Waals surface area (Å²) in [7, 11) is 0. The second-order valence-electron chi connectivity index (χ2n) is 3.02. The molecule has 1 amide bonds. The van der Waals surface area contributed by atoms with Crippen molar-refractivity contribution < 1.29 is 14.3 Å². The Kier molecular flexibility index (Phi) is 4.91. The number of carbonyl (C=O) groups is 2. The molecule has 88 valence electrons. The quantitative estimate of drug-likeness (QED) is 0.796. The van der Waals surface area contributed by atoms with Gasteiger partial charge in [-0.25, -0.2) is 4.98 Å². The predicted octanol–water partition coefficient (Wildman–Crippen LogP) is 1.60. The maximum Gasteiger partial charge on any atom is 0.311 e. The highest BCUT2D eigenvalue weighted by Crippen LogP contribution is 2.18. The predicted molar refractivity (Wildman–Crippen MR) is 61.4 cm³/mol. The van der Waals surface area contributed by atoms with Crippen LogP contribution in [0, 0.1) is 0 Å². The number of carbonyl (C=O) groups excluding carboxylic acids is 2. The molecule has 1 rings (SSSR count). The van der Waals surface area contributed by atoms with Gasteiger partial charge in [0.25, 0.3) is 0 Å². The van der Waals surface area contributed by atoms with Crippen molar-refractivity contribution in [2.75, 3.05) is 11.9 Å². The number of rotatable bonds is 5. The molecule has 0 bridgehead atoms. The second kappa shape index (κ2) is 6.22. The summed E-state index contributed by atoms with van der Waals surface area (Å²) < 4.78 is 4.81. The molecule has 0 aliphatic carbocycles. The highest BCUT2D eigenvalue weighted by molar-refractivity contribution is 7.15. The largest absolute Gasteiger partial charge is 0.466 e. The van der Waals surface area contributed by atoms with Gasteiger partial charge in [-0.2, -0.15) is 0 Å². The van der Waals surface area contributed by atoms with Crippen molar-refractivity contribution in [2.24, 2.45) is 0 Å². The number of nitrogens with zero attached hydrogens (tertiary/aromatic N) is 1. The zero-order chi connectivity index (χ0) is 12.0. The molecule has 0 spiro atoms. The van der Waals surface area contributed by atoms with Gasteiger partial charge in [0.2, 0.25) is 5.91 Å². The molecule has 0 saturated heterocycles. The normalized spacial score (nSPS) is 9.88. The van der Waals surface area contributed by atoms with E-state index in [2.05, 4.69) is 10.3 Å². The van der Waals surface area contributed by atoms with Gasteiger partial charge in [0.15, 0.2) is 5.13 Å². The lowest BCUT2D eigenvalue weighted by Crippen LogP contribution is -2.08. The number of nitrogens with one attached hydrogen (secondary N) is 1. The number of hydrogen-bond donors (Lipinski definition) is 1.